The molecule has 18 heavy (non-hydrogen) atoms. The molecule has 100 valence electrons. The molecule has 1 atom stereocenters. The summed E-state index contributed by atoms with van der Waals surface area (Å²) in [4.78, 5) is 11.8. The molecule has 1 aromatic carbocycles. The highest BCUT2D eigenvalue weighted by Crippen LogP contribution is 2.04. The quantitative estimate of drug-likeness (QED) is 0.549. The third-order valence-electron chi connectivity index (χ3n) is 2.98. The molecule has 2 N–H and O–H groups in total. The van der Waals surface area contributed by atoms with E-state index in [-0.39, 0.29) is 17.8 Å². The zero-order valence-electron chi connectivity index (χ0n) is 11.2. The maximum Gasteiger partial charge on any atom is 0.162 e. The average molecular weight is 249 g/mol. The number of Topliss-reactive ketones (excluding diaryl/α,β-unsaturated/α-hetero) is 1. The van der Waals surface area contributed by atoms with Crippen molar-refractivity contribution in [3.63, 3.8) is 0 Å². The largest absolute Gasteiger partial charge is 0.392 e. The van der Waals surface area contributed by atoms with Crippen LogP contribution in [0.3, 0.4) is 0 Å². The van der Waals surface area contributed by atoms with Crippen LogP contribution in [0.25, 0.3) is 0 Å². The van der Waals surface area contributed by atoms with E-state index in [2.05, 4.69) is 5.32 Å². The standard InChI is InChI=1S/C15H23NO2/c1-12(2)15(18)11-16-10-6-9-14(17)13-7-4-3-5-8-13/h3-5,7-8,12,15-16,18H,6,9-11H2,1-2H3. The van der Waals surface area contributed by atoms with Crippen molar-refractivity contribution in [1.29, 1.82) is 0 Å². The van der Waals surface area contributed by atoms with Gasteiger partial charge in [-0.25, -0.2) is 0 Å². The molecule has 1 rings (SSSR count). The Labute approximate surface area is 109 Å². The zero-order valence-corrected chi connectivity index (χ0v) is 11.2. The number of nitrogens with one attached hydrogen (secondary N) is 1. The maximum atomic E-state index is 11.8. The molecule has 0 fully saturated rings. The van der Waals surface area contributed by atoms with Crippen molar-refractivity contribution in [3.05, 3.63) is 35.9 Å². The summed E-state index contributed by atoms with van der Waals surface area (Å²) in [7, 11) is 0. The normalized spacial score (nSPS) is 12.7. The van der Waals surface area contributed by atoms with Crippen LogP contribution in [-0.2, 0) is 0 Å². The molecule has 3 heteroatoms. The van der Waals surface area contributed by atoms with Crippen LogP contribution in [0.4, 0.5) is 0 Å². The van der Waals surface area contributed by atoms with E-state index in [9.17, 15) is 9.90 Å². The second-order valence-electron chi connectivity index (χ2n) is 4.91. The lowest BCUT2D eigenvalue weighted by molar-refractivity contribution is 0.0978. The van der Waals surface area contributed by atoms with Crippen molar-refractivity contribution in [3.8, 4) is 0 Å². The van der Waals surface area contributed by atoms with Gasteiger partial charge in [-0.05, 0) is 18.9 Å². The molecule has 0 bridgehead atoms. The van der Waals surface area contributed by atoms with Crippen LogP contribution in [0.1, 0.15) is 37.0 Å². The molecule has 0 spiro atoms. The minimum absolute atomic E-state index is 0.182. The fourth-order valence-electron chi connectivity index (χ4n) is 1.63. The Balaban J connectivity index is 2.13. The van der Waals surface area contributed by atoms with E-state index in [0.717, 1.165) is 18.5 Å². The highest BCUT2D eigenvalue weighted by atomic mass is 16.3. The number of carbonyl (C=O) groups excluding carboxylic acids is 1. The van der Waals surface area contributed by atoms with Gasteiger partial charge in [0.05, 0.1) is 6.10 Å². The lowest BCUT2D eigenvalue weighted by Gasteiger charge is -2.14. The summed E-state index contributed by atoms with van der Waals surface area (Å²) in [6.45, 7) is 5.34. The summed E-state index contributed by atoms with van der Waals surface area (Å²) in [6.07, 6.45) is 1.04. The van der Waals surface area contributed by atoms with Gasteiger partial charge in [-0.2, -0.15) is 0 Å². The molecule has 0 saturated heterocycles. The lowest BCUT2D eigenvalue weighted by atomic mass is 10.1. The van der Waals surface area contributed by atoms with Gasteiger partial charge in [0, 0.05) is 18.5 Å². The molecule has 0 aliphatic rings. The van der Waals surface area contributed by atoms with E-state index in [4.69, 9.17) is 0 Å². The van der Waals surface area contributed by atoms with Crippen LogP contribution in [0, 0.1) is 5.92 Å². The molecule has 3 nitrogen and oxygen atoms in total. The van der Waals surface area contributed by atoms with Gasteiger partial charge in [-0.1, -0.05) is 44.2 Å². The van der Waals surface area contributed by atoms with Crippen molar-refractivity contribution in [2.45, 2.75) is 32.8 Å². The van der Waals surface area contributed by atoms with Gasteiger partial charge in [0.15, 0.2) is 5.78 Å². The fourth-order valence-corrected chi connectivity index (χ4v) is 1.63. The van der Waals surface area contributed by atoms with Crippen LogP contribution < -0.4 is 5.32 Å². The number of rotatable bonds is 8. The Morgan fingerprint density at radius 1 is 1.28 bits per heavy atom. The van der Waals surface area contributed by atoms with Gasteiger partial charge in [-0.15, -0.1) is 0 Å². The zero-order chi connectivity index (χ0) is 13.4. The molecule has 0 amide bonds. The molecule has 0 saturated carbocycles. The van der Waals surface area contributed by atoms with Crippen molar-refractivity contribution < 1.29 is 9.90 Å². The van der Waals surface area contributed by atoms with E-state index >= 15 is 0 Å². The van der Waals surface area contributed by atoms with Gasteiger partial charge >= 0.3 is 0 Å². The molecule has 0 aliphatic heterocycles. The van der Waals surface area contributed by atoms with E-state index in [1.807, 2.05) is 44.2 Å². The topological polar surface area (TPSA) is 49.3 Å². The first kappa shape index (κ1) is 14.9. The van der Waals surface area contributed by atoms with E-state index in [1.54, 1.807) is 0 Å². The summed E-state index contributed by atoms with van der Waals surface area (Å²) in [5, 5.41) is 12.8. The van der Waals surface area contributed by atoms with Gasteiger partial charge in [0.25, 0.3) is 0 Å². The van der Waals surface area contributed by atoms with Crippen molar-refractivity contribution >= 4 is 5.78 Å². The van der Waals surface area contributed by atoms with Crippen molar-refractivity contribution in [2.24, 2.45) is 5.92 Å². The highest BCUT2D eigenvalue weighted by Gasteiger charge is 2.08. The third-order valence-corrected chi connectivity index (χ3v) is 2.98. The molecule has 0 radical (unpaired) electrons. The minimum Gasteiger partial charge on any atom is -0.392 e. The summed E-state index contributed by atoms with van der Waals surface area (Å²) in [5.74, 6) is 0.449. The number of carbonyl (C=O) groups is 1. The average Bonchev–Trinajstić information content (AvgIpc) is 2.38. The SMILES string of the molecule is CC(C)C(O)CNCCCC(=O)c1ccccc1. The molecule has 0 heterocycles. The molecule has 0 aromatic heterocycles. The Kier molecular flexibility index (Phi) is 6.61. The summed E-state index contributed by atoms with van der Waals surface area (Å²) < 4.78 is 0. The molecule has 1 aromatic rings. The van der Waals surface area contributed by atoms with E-state index in [1.165, 1.54) is 0 Å². The maximum absolute atomic E-state index is 11.8. The van der Waals surface area contributed by atoms with Gasteiger partial charge in [-0.3, -0.25) is 4.79 Å². The second kappa shape index (κ2) is 8.01. The summed E-state index contributed by atoms with van der Waals surface area (Å²) >= 11 is 0. The number of benzene rings is 1. The van der Waals surface area contributed by atoms with Gasteiger partial charge in [0.2, 0.25) is 0 Å². The molecular weight excluding hydrogens is 226 g/mol. The smallest absolute Gasteiger partial charge is 0.162 e. The molecule has 0 aliphatic carbocycles. The van der Waals surface area contributed by atoms with Crippen LogP contribution in [0.2, 0.25) is 0 Å². The van der Waals surface area contributed by atoms with E-state index < -0.39 is 0 Å². The fraction of sp³-hybridized carbons (Fsp3) is 0.533. The number of hydrogen-bond donors (Lipinski definition) is 2. The third kappa shape index (κ3) is 5.43. The van der Waals surface area contributed by atoms with E-state index in [0.29, 0.717) is 13.0 Å². The number of aliphatic hydroxyl groups is 1. The predicted molar refractivity (Wildman–Crippen MR) is 73.7 cm³/mol. The molecular formula is C15H23NO2. The second-order valence-corrected chi connectivity index (χ2v) is 4.91. The Morgan fingerprint density at radius 3 is 2.56 bits per heavy atom. The number of ketones is 1. The van der Waals surface area contributed by atoms with Crippen molar-refractivity contribution in [1.82, 2.24) is 5.32 Å². The number of hydrogen-bond acceptors (Lipinski definition) is 3. The first-order valence-corrected chi connectivity index (χ1v) is 6.58. The minimum atomic E-state index is -0.310. The Morgan fingerprint density at radius 2 is 1.94 bits per heavy atom. The lowest BCUT2D eigenvalue weighted by Crippen LogP contribution is -2.31. The molecule has 1 unspecified atom stereocenters. The number of aliphatic hydroxyl groups excluding tert-OH is 1. The first-order valence-electron chi connectivity index (χ1n) is 6.58. The highest BCUT2D eigenvalue weighted by molar-refractivity contribution is 5.95. The van der Waals surface area contributed by atoms with Crippen LogP contribution >= 0.6 is 0 Å². The monoisotopic (exact) mass is 249 g/mol. The van der Waals surface area contributed by atoms with Crippen LogP contribution in [0.5, 0.6) is 0 Å². The van der Waals surface area contributed by atoms with Crippen LogP contribution in [-0.4, -0.2) is 30.1 Å². The predicted octanol–water partition coefficient (Wildman–Crippen LogP) is 2.26. The first-order chi connectivity index (χ1) is 8.61. The Bertz CT molecular complexity index is 349. The summed E-state index contributed by atoms with van der Waals surface area (Å²) in [6, 6.07) is 9.36. The van der Waals surface area contributed by atoms with Gasteiger partial charge in [0.1, 0.15) is 0 Å². The Hall–Kier alpha value is -1.19. The van der Waals surface area contributed by atoms with Gasteiger partial charge < -0.3 is 10.4 Å². The van der Waals surface area contributed by atoms with Crippen LogP contribution in [0.15, 0.2) is 30.3 Å². The summed E-state index contributed by atoms with van der Waals surface area (Å²) in [5.41, 5.74) is 0.778. The van der Waals surface area contributed by atoms with Crippen molar-refractivity contribution in [2.75, 3.05) is 13.1 Å².